The van der Waals surface area contributed by atoms with Crippen LogP contribution in [-0.2, 0) is 4.74 Å². The van der Waals surface area contributed by atoms with Crippen LogP contribution in [0.4, 0.5) is 5.82 Å². The van der Waals surface area contributed by atoms with Gasteiger partial charge in [0.1, 0.15) is 0 Å². The normalized spacial score (nSPS) is 21.2. The molecule has 140 valence electrons. The fourth-order valence-corrected chi connectivity index (χ4v) is 4.74. The second kappa shape index (κ2) is 7.26. The number of morpholine rings is 1. The molecule has 2 aliphatic heterocycles. The average Bonchev–Trinajstić information content (AvgIpc) is 3.28. The van der Waals surface area contributed by atoms with Gasteiger partial charge in [0, 0.05) is 32.2 Å². The predicted octanol–water partition coefficient (Wildman–Crippen LogP) is 1.96. The number of ether oxygens (including phenoxy) is 1. The molecule has 0 radical (unpaired) electrons. The number of amides is 1. The Bertz CT molecular complexity index is 821. The fourth-order valence-electron chi connectivity index (χ4n) is 3.49. The third-order valence-corrected chi connectivity index (χ3v) is 6.31. The van der Waals surface area contributed by atoms with Crippen LogP contribution in [0.5, 0.6) is 0 Å². The molecule has 2 aromatic rings. The number of halogens is 1. The Morgan fingerprint density at radius 2 is 2.08 bits per heavy atom. The second-order valence-corrected chi connectivity index (χ2v) is 8.29. The summed E-state index contributed by atoms with van der Waals surface area (Å²) in [7, 11) is 4.12. The maximum Gasteiger partial charge on any atom is 0.264 e. The van der Waals surface area contributed by atoms with Gasteiger partial charge < -0.3 is 19.4 Å². The summed E-state index contributed by atoms with van der Waals surface area (Å²) < 4.78 is 6.34. The number of carbonyl (C=O) groups excluding carboxylic acids is 1. The Labute approximate surface area is 161 Å². The molecule has 4 heterocycles. The van der Waals surface area contributed by atoms with Gasteiger partial charge in [-0.1, -0.05) is 0 Å². The highest BCUT2D eigenvalue weighted by Gasteiger charge is 2.29. The van der Waals surface area contributed by atoms with Crippen molar-refractivity contribution in [2.45, 2.75) is 12.5 Å². The highest BCUT2D eigenvalue weighted by atomic mass is 35.5. The first-order valence-corrected chi connectivity index (χ1v) is 9.98. The number of likely N-dealkylation sites (tertiary alicyclic amines) is 1. The Morgan fingerprint density at radius 1 is 1.31 bits per heavy atom. The van der Waals surface area contributed by atoms with Crippen LogP contribution in [0.25, 0.3) is 10.2 Å². The lowest BCUT2D eigenvalue weighted by atomic mass is 10.2. The topological polar surface area (TPSA) is 61.8 Å². The monoisotopic (exact) mass is 395 g/mol. The van der Waals surface area contributed by atoms with E-state index in [-0.39, 0.29) is 11.2 Å². The number of likely N-dealkylation sites (N-methyl/N-ethyl adjacent to an activating group) is 1. The van der Waals surface area contributed by atoms with Gasteiger partial charge in [-0.2, -0.15) is 4.98 Å². The number of carbonyl (C=O) groups is 1. The SMILES string of the molecule is CN(C)C1CCN(C(=O)c2cc3nc(Cl)nc(N4CCOCC4)c3s2)C1. The van der Waals surface area contributed by atoms with Gasteiger partial charge in [0.2, 0.25) is 5.28 Å². The smallest absolute Gasteiger partial charge is 0.264 e. The molecule has 26 heavy (non-hydrogen) atoms. The molecule has 0 spiro atoms. The molecule has 2 fully saturated rings. The van der Waals surface area contributed by atoms with Crippen LogP contribution >= 0.6 is 22.9 Å². The van der Waals surface area contributed by atoms with Gasteiger partial charge in [-0.05, 0) is 38.2 Å². The lowest BCUT2D eigenvalue weighted by molar-refractivity contribution is 0.0788. The molecule has 1 amide bonds. The van der Waals surface area contributed by atoms with E-state index in [1.807, 2.05) is 11.0 Å². The number of thiophene rings is 1. The first kappa shape index (κ1) is 17.9. The quantitative estimate of drug-likeness (QED) is 0.740. The first-order chi connectivity index (χ1) is 12.5. The summed E-state index contributed by atoms with van der Waals surface area (Å²) in [5, 5.41) is 0.213. The van der Waals surface area contributed by atoms with Crippen molar-refractivity contribution in [2.75, 3.05) is 58.4 Å². The Kier molecular flexibility index (Phi) is 5.00. The molecule has 9 heteroatoms. The number of fused-ring (bicyclic) bond motifs is 1. The van der Waals surface area contributed by atoms with Gasteiger partial charge in [-0.25, -0.2) is 4.98 Å². The summed E-state index contributed by atoms with van der Waals surface area (Å²) in [5.41, 5.74) is 0.739. The van der Waals surface area contributed by atoms with Crippen molar-refractivity contribution in [2.24, 2.45) is 0 Å². The number of anilines is 1. The van der Waals surface area contributed by atoms with Crippen LogP contribution < -0.4 is 4.90 Å². The summed E-state index contributed by atoms with van der Waals surface area (Å²) in [6.07, 6.45) is 1.01. The Balaban J connectivity index is 1.64. The molecule has 2 aromatic heterocycles. The Morgan fingerprint density at radius 3 is 2.77 bits per heavy atom. The molecule has 0 aromatic carbocycles. The summed E-state index contributed by atoms with van der Waals surface area (Å²) in [5.74, 6) is 0.876. The van der Waals surface area contributed by atoms with E-state index in [2.05, 4.69) is 33.9 Å². The second-order valence-electron chi connectivity index (χ2n) is 6.90. The number of aromatic nitrogens is 2. The summed E-state index contributed by atoms with van der Waals surface area (Å²) in [6, 6.07) is 2.27. The first-order valence-electron chi connectivity index (χ1n) is 8.78. The van der Waals surface area contributed by atoms with E-state index in [4.69, 9.17) is 16.3 Å². The van der Waals surface area contributed by atoms with Gasteiger partial charge in [-0.3, -0.25) is 4.79 Å². The lowest BCUT2D eigenvalue weighted by Gasteiger charge is -2.28. The van der Waals surface area contributed by atoms with E-state index in [1.165, 1.54) is 11.3 Å². The summed E-state index contributed by atoms with van der Waals surface area (Å²) >= 11 is 7.60. The molecule has 1 atom stereocenters. The van der Waals surface area contributed by atoms with Crippen LogP contribution in [0.3, 0.4) is 0 Å². The third-order valence-electron chi connectivity index (χ3n) is 5.03. The van der Waals surface area contributed by atoms with E-state index >= 15 is 0 Å². The highest BCUT2D eigenvalue weighted by Crippen LogP contribution is 2.34. The lowest BCUT2D eigenvalue weighted by Crippen LogP contribution is -2.36. The molecule has 0 aliphatic carbocycles. The molecule has 1 unspecified atom stereocenters. The highest BCUT2D eigenvalue weighted by molar-refractivity contribution is 7.21. The van der Waals surface area contributed by atoms with E-state index in [0.717, 1.165) is 48.6 Å². The largest absolute Gasteiger partial charge is 0.378 e. The van der Waals surface area contributed by atoms with Crippen molar-refractivity contribution < 1.29 is 9.53 Å². The predicted molar refractivity (Wildman–Crippen MR) is 103 cm³/mol. The molecule has 0 N–H and O–H groups in total. The van der Waals surface area contributed by atoms with E-state index in [9.17, 15) is 4.79 Å². The van der Waals surface area contributed by atoms with Crippen molar-refractivity contribution in [3.05, 3.63) is 16.2 Å². The standard InChI is InChI=1S/C17H22ClN5O2S/c1-21(2)11-3-4-23(10-11)16(24)13-9-12-14(26-13)15(20-17(18)19-12)22-5-7-25-8-6-22/h9,11H,3-8,10H2,1-2H3. The van der Waals surface area contributed by atoms with Gasteiger partial charge in [0.15, 0.2) is 5.82 Å². The maximum atomic E-state index is 13.0. The van der Waals surface area contributed by atoms with Crippen molar-refractivity contribution >= 4 is 44.9 Å². The van der Waals surface area contributed by atoms with Crippen LogP contribution in [0.2, 0.25) is 5.28 Å². The molecule has 4 rings (SSSR count). The van der Waals surface area contributed by atoms with Gasteiger partial charge >= 0.3 is 0 Å². The van der Waals surface area contributed by atoms with E-state index in [1.54, 1.807) is 0 Å². The van der Waals surface area contributed by atoms with Crippen molar-refractivity contribution in [1.29, 1.82) is 0 Å². The molecule has 0 bridgehead atoms. The van der Waals surface area contributed by atoms with Crippen LogP contribution in [0.15, 0.2) is 6.07 Å². The van der Waals surface area contributed by atoms with Crippen molar-refractivity contribution in [1.82, 2.24) is 19.8 Å². The van der Waals surface area contributed by atoms with Crippen LogP contribution in [0, 0.1) is 0 Å². The molecule has 2 saturated heterocycles. The minimum atomic E-state index is 0.0707. The number of hydrogen-bond donors (Lipinski definition) is 0. The Hall–Kier alpha value is -1.48. The molecule has 2 aliphatic rings. The van der Waals surface area contributed by atoms with Gasteiger partial charge in [0.05, 0.1) is 28.3 Å². The zero-order valence-electron chi connectivity index (χ0n) is 14.9. The number of hydrogen-bond acceptors (Lipinski definition) is 7. The van der Waals surface area contributed by atoms with Crippen LogP contribution in [0.1, 0.15) is 16.1 Å². The van der Waals surface area contributed by atoms with Crippen molar-refractivity contribution in [3.63, 3.8) is 0 Å². The van der Waals surface area contributed by atoms with Crippen molar-refractivity contribution in [3.8, 4) is 0 Å². The zero-order valence-corrected chi connectivity index (χ0v) is 16.5. The summed E-state index contributed by atoms with van der Waals surface area (Å²) in [4.78, 5) is 28.7. The summed E-state index contributed by atoms with van der Waals surface area (Å²) in [6.45, 7) is 4.42. The van der Waals surface area contributed by atoms with E-state index in [0.29, 0.717) is 24.1 Å². The molecule has 0 saturated carbocycles. The number of rotatable bonds is 3. The minimum absolute atomic E-state index is 0.0707. The fraction of sp³-hybridized carbons (Fsp3) is 0.588. The average molecular weight is 396 g/mol. The third kappa shape index (κ3) is 3.38. The minimum Gasteiger partial charge on any atom is -0.378 e. The molecular weight excluding hydrogens is 374 g/mol. The molecular formula is C17H22ClN5O2S. The maximum absolute atomic E-state index is 13.0. The van der Waals surface area contributed by atoms with Crippen LogP contribution in [-0.4, -0.2) is 85.2 Å². The zero-order chi connectivity index (χ0) is 18.3. The van der Waals surface area contributed by atoms with Gasteiger partial charge in [-0.15, -0.1) is 11.3 Å². The van der Waals surface area contributed by atoms with E-state index < -0.39 is 0 Å². The van der Waals surface area contributed by atoms with Gasteiger partial charge in [0.25, 0.3) is 5.91 Å². The molecule has 7 nitrogen and oxygen atoms in total. The number of nitrogens with zero attached hydrogens (tertiary/aromatic N) is 5.